The largest absolute Gasteiger partial charge is 0.463 e. The van der Waals surface area contributed by atoms with E-state index in [4.69, 9.17) is 25.5 Å². The molecule has 0 unspecified atom stereocenters. The number of allylic oxidation sites excluding steroid dienone is 2. The molecule has 11 heteroatoms. The van der Waals surface area contributed by atoms with Crippen molar-refractivity contribution in [2.75, 3.05) is 18.1 Å². The molecule has 0 amide bonds. The summed E-state index contributed by atoms with van der Waals surface area (Å²) in [7, 11) is 0. The number of hydrogen-bond donors (Lipinski definition) is 0. The molecular formula is C29H26ClFN2O7. The number of furan rings is 1. The average molecular weight is 569 g/mol. The number of hydrogen-bond acceptors (Lipinski definition) is 8. The van der Waals surface area contributed by atoms with Crippen molar-refractivity contribution in [3.8, 4) is 11.3 Å². The molecule has 0 aliphatic carbocycles. The van der Waals surface area contributed by atoms with Crippen molar-refractivity contribution in [2.24, 2.45) is 0 Å². The predicted molar refractivity (Wildman–Crippen MR) is 146 cm³/mol. The molecule has 1 aliphatic heterocycles. The molecule has 3 aromatic rings. The van der Waals surface area contributed by atoms with Crippen LogP contribution in [0.4, 0.5) is 15.8 Å². The highest BCUT2D eigenvalue weighted by Gasteiger charge is 2.42. The maximum Gasteiger partial charge on any atom is 0.336 e. The molecule has 0 fully saturated rings. The second-order valence-electron chi connectivity index (χ2n) is 8.81. The van der Waals surface area contributed by atoms with Crippen LogP contribution in [-0.2, 0) is 19.1 Å². The minimum Gasteiger partial charge on any atom is -0.463 e. The first-order chi connectivity index (χ1) is 19.1. The molecular weight excluding hydrogens is 543 g/mol. The van der Waals surface area contributed by atoms with Gasteiger partial charge in [0.25, 0.3) is 5.69 Å². The van der Waals surface area contributed by atoms with Crippen molar-refractivity contribution in [3.05, 3.63) is 104 Å². The van der Waals surface area contributed by atoms with E-state index >= 15 is 0 Å². The molecule has 0 radical (unpaired) electrons. The van der Waals surface area contributed by atoms with E-state index in [1.165, 1.54) is 42.5 Å². The van der Waals surface area contributed by atoms with E-state index in [0.717, 1.165) is 0 Å². The Hall–Kier alpha value is -4.44. The lowest BCUT2D eigenvalue weighted by Gasteiger charge is -2.37. The molecule has 1 aliphatic rings. The van der Waals surface area contributed by atoms with Crippen molar-refractivity contribution >= 4 is 34.9 Å². The SMILES string of the molecule is CCOC(=O)C1=C(C)N(c2ccc([N+](=O)[O-])cc2)C(C)=C(C(=O)OCC)C1c1ccc(-c2ccc(F)c(Cl)c2)o1. The number of carbonyl (C=O) groups is 2. The zero-order valence-electron chi connectivity index (χ0n) is 22.2. The van der Waals surface area contributed by atoms with Crippen LogP contribution in [0.3, 0.4) is 0 Å². The van der Waals surface area contributed by atoms with Gasteiger partial charge in [0.1, 0.15) is 17.3 Å². The third kappa shape index (κ3) is 5.35. The van der Waals surface area contributed by atoms with Crippen molar-refractivity contribution < 1.29 is 32.8 Å². The quantitative estimate of drug-likeness (QED) is 0.163. The molecule has 9 nitrogen and oxygen atoms in total. The van der Waals surface area contributed by atoms with E-state index in [2.05, 4.69) is 0 Å². The summed E-state index contributed by atoms with van der Waals surface area (Å²) >= 11 is 5.96. The van der Waals surface area contributed by atoms with Gasteiger partial charge in [-0.1, -0.05) is 11.6 Å². The minimum atomic E-state index is -1.00. The number of carbonyl (C=O) groups excluding carboxylic acids is 2. The number of rotatable bonds is 8. The van der Waals surface area contributed by atoms with Gasteiger partial charge < -0.3 is 18.8 Å². The summed E-state index contributed by atoms with van der Waals surface area (Å²) in [6.45, 7) is 6.86. The van der Waals surface area contributed by atoms with Crippen molar-refractivity contribution in [1.29, 1.82) is 0 Å². The standard InChI is InChI=1S/C29H26ClFN2O7/c1-5-38-28(34)25-16(3)32(19-8-10-20(11-9-19)33(36)37)17(4)26(29(35)39-6-2)27(25)24-14-13-23(40-24)18-7-12-22(31)21(30)15-18/h7-15,27H,5-6H2,1-4H3. The number of nitrogens with zero attached hydrogens (tertiary/aromatic N) is 2. The number of anilines is 1. The van der Waals surface area contributed by atoms with E-state index < -0.39 is 28.6 Å². The number of benzene rings is 2. The molecule has 0 N–H and O–H groups in total. The average Bonchev–Trinajstić information content (AvgIpc) is 3.40. The molecule has 0 atom stereocenters. The van der Waals surface area contributed by atoms with Crippen LogP contribution in [0.1, 0.15) is 39.4 Å². The van der Waals surface area contributed by atoms with E-state index in [0.29, 0.717) is 28.4 Å². The monoisotopic (exact) mass is 568 g/mol. The van der Waals surface area contributed by atoms with Crippen LogP contribution in [0.2, 0.25) is 5.02 Å². The van der Waals surface area contributed by atoms with Gasteiger partial charge in [0, 0.05) is 34.8 Å². The fourth-order valence-corrected chi connectivity index (χ4v) is 4.89. The van der Waals surface area contributed by atoms with Gasteiger partial charge in [-0.2, -0.15) is 0 Å². The van der Waals surface area contributed by atoms with Gasteiger partial charge in [-0.05, 0) is 70.2 Å². The van der Waals surface area contributed by atoms with Crippen LogP contribution < -0.4 is 4.90 Å². The minimum absolute atomic E-state index is 0.0782. The maximum absolute atomic E-state index is 13.7. The number of nitro groups is 1. The van der Waals surface area contributed by atoms with Crippen LogP contribution in [0.25, 0.3) is 11.3 Å². The Bertz CT molecular complexity index is 1500. The van der Waals surface area contributed by atoms with Gasteiger partial charge >= 0.3 is 11.9 Å². The molecule has 2 heterocycles. The fourth-order valence-electron chi connectivity index (χ4n) is 4.71. The lowest BCUT2D eigenvalue weighted by atomic mass is 9.82. The number of halogens is 2. The normalized spacial score (nSPS) is 14.0. The van der Waals surface area contributed by atoms with Crippen molar-refractivity contribution in [2.45, 2.75) is 33.6 Å². The first kappa shape index (κ1) is 28.6. The van der Waals surface area contributed by atoms with Gasteiger partial charge in [0.15, 0.2) is 0 Å². The Balaban J connectivity index is 1.93. The summed E-state index contributed by atoms with van der Waals surface area (Å²) in [5.74, 6) is -2.33. The third-order valence-electron chi connectivity index (χ3n) is 6.45. The second kappa shape index (κ2) is 11.7. The lowest BCUT2D eigenvalue weighted by Crippen LogP contribution is -2.35. The summed E-state index contributed by atoms with van der Waals surface area (Å²) in [4.78, 5) is 39.2. The summed E-state index contributed by atoms with van der Waals surface area (Å²) < 4.78 is 30.7. The fraction of sp³-hybridized carbons (Fsp3) is 0.241. The summed E-state index contributed by atoms with van der Waals surface area (Å²) in [6, 6.07) is 13.1. The number of ether oxygens (including phenoxy) is 2. The van der Waals surface area contributed by atoms with Crippen molar-refractivity contribution in [1.82, 2.24) is 0 Å². The molecule has 0 saturated carbocycles. The second-order valence-corrected chi connectivity index (χ2v) is 9.22. The molecule has 208 valence electrons. The summed E-state index contributed by atoms with van der Waals surface area (Å²) in [6.07, 6.45) is 0. The molecule has 0 bridgehead atoms. The zero-order valence-corrected chi connectivity index (χ0v) is 23.0. The Morgan fingerprint density at radius 1 is 0.975 bits per heavy atom. The predicted octanol–water partition coefficient (Wildman–Crippen LogP) is 6.93. The maximum atomic E-state index is 13.7. The highest BCUT2D eigenvalue weighted by Crippen LogP contribution is 2.46. The van der Waals surface area contributed by atoms with Crippen LogP contribution in [0.15, 0.2) is 81.6 Å². The molecule has 1 aromatic heterocycles. The highest BCUT2D eigenvalue weighted by molar-refractivity contribution is 6.31. The summed E-state index contributed by atoms with van der Waals surface area (Å²) in [5.41, 5.74) is 2.01. The molecule has 2 aromatic carbocycles. The Kier molecular flexibility index (Phi) is 8.39. The van der Waals surface area contributed by atoms with Crippen LogP contribution in [-0.4, -0.2) is 30.1 Å². The lowest BCUT2D eigenvalue weighted by molar-refractivity contribution is -0.384. The van der Waals surface area contributed by atoms with Gasteiger partial charge in [-0.25, -0.2) is 14.0 Å². The number of esters is 2. The topological polar surface area (TPSA) is 112 Å². The Morgan fingerprint density at radius 2 is 1.55 bits per heavy atom. The Labute approximate surface area is 234 Å². The van der Waals surface area contributed by atoms with Gasteiger partial charge in [0.2, 0.25) is 0 Å². The van der Waals surface area contributed by atoms with Crippen LogP contribution in [0.5, 0.6) is 0 Å². The molecule has 0 saturated heterocycles. The first-order valence-corrected chi connectivity index (χ1v) is 12.8. The Morgan fingerprint density at radius 3 is 2.05 bits per heavy atom. The van der Waals surface area contributed by atoms with E-state index in [1.54, 1.807) is 44.7 Å². The summed E-state index contributed by atoms with van der Waals surface area (Å²) in [5, 5.41) is 11.1. The van der Waals surface area contributed by atoms with Gasteiger partial charge in [-0.15, -0.1) is 0 Å². The zero-order chi connectivity index (χ0) is 29.1. The number of nitro benzene ring substituents is 1. The smallest absolute Gasteiger partial charge is 0.336 e. The van der Waals surface area contributed by atoms with Crippen molar-refractivity contribution in [3.63, 3.8) is 0 Å². The molecule has 0 spiro atoms. The number of non-ortho nitro benzene ring substituents is 1. The molecule has 40 heavy (non-hydrogen) atoms. The molecule has 4 rings (SSSR count). The van der Waals surface area contributed by atoms with Gasteiger partial charge in [-0.3, -0.25) is 10.1 Å². The van der Waals surface area contributed by atoms with Crippen LogP contribution in [0, 0.1) is 15.9 Å². The van der Waals surface area contributed by atoms with Crippen LogP contribution >= 0.6 is 11.6 Å². The first-order valence-electron chi connectivity index (χ1n) is 12.4. The highest BCUT2D eigenvalue weighted by atomic mass is 35.5. The van der Waals surface area contributed by atoms with E-state index in [9.17, 15) is 24.1 Å². The van der Waals surface area contributed by atoms with E-state index in [-0.39, 0.29) is 40.8 Å². The van der Waals surface area contributed by atoms with E-state index in [1.807, 2.05) is 0 Å². The van der Waals surface area contributed by atoms with Gasteiger partial charge in [0.05, 0.1) is 40.2 Å². The third-order valence-corrected chi connectivity index (χ3v) is 6.74.